The first-order chi connectivity index (χ1) is 10.7. The van der Waals surface area contributed by atoms with Crippen LogP contribution in [-0.2, 0) is 4.79 Å². The molecular formula is C15H17N3O5. The molecule has 1 aliphatic rings. The Kier molecular flexibility index (Phi) is 4.44. The SMILES string of the molecule is CC(C)[C@@H](C)NC(=O)CN1C(=O)c2cccc([N+](=O)[O-])c2C1=O. The molecule has 2 rings (SSSR count). The summed E-state index contributed by atoms with van der Waals surface area (Å²) in [7, 11) is 0. The van der Waals surface area contributed by atoms with Crippen LogP contribution in [-0.4, -0.2) is 40.1 Å². The summed E-state index contributed by atoms with van der Waals surface area (Å²) in [6.45, 7) is 5.21. The summed E-state index contributed by atoms with van der Waals surface area (Å²) in [4.78, 5) is 47.6. The highest BCUT2D eigenvalue weighted by molar-refractivity contribution is 6.24. The van der Waals surface area contributed by atoms with Gasteiger partial charge in [-0.05, 0) is 18.9 Å². The van der Waals surface area contributed by atoms with Crippen LogP contribution in [0.15, 0.2) is 18.2 Å². The van der Waals surface area contributed by atoms with E-state index in [4.69, 9.17) is 0 Å². The van der Waals surface area contributed by atoms with Gasteiger partial charge in [-0.3, -0.25) is 29.4 Å². The van der Waals surface area contributed by atoms with Crippen LogP contribution in [0.25, 0.3) is 0 Å². The van der Waals surface area contributed by atoms with Crippen molar-refractivity contribution in [3.05, 3.63) is 39.4 Å². The van der Waals surface area contributed by atoms with Gasteiger partial charge in [0, 0.05) is 12.1 Å². The standard InChI is InChI=1S/C15H17N3O5/c1-8(2)9(3)16-12(19)7-17-14(20)10-5-4-6-11(18(22)23)13(10)15(17)21/h4-6,8-9H,7H2,1-3H3,(H,16,19)/t9-/m1/s1. The molecule has 0 fully saturated rings. The van der Waals surface area contributed by atoms with Crippen molar-refractivity contribution in [2.24, 2.45) is 5.92 Å². The van der Waals surface area contributed by atoms with E-state index in [1.165, 1.54) is 12.1 Å². The molecule has 1 aromatic rings. The maximum absolute atomic E-state index is 12.3. The molecule has 0 spiro atoms. The van der Waals surface area contributed by atoms with Crippen LogP contribution in [0.4, 0.5) is 5.69 Å². The van der Waals surface area contributed by atoms with E-state index < -0.39 is 34.9 Å². The van der Waals surface area contributed by atoms with Crippen LogP contribution in [0.3, 0.4) is 0 Å². The van der Waals surface area contributed by atoms with E-state index in [0.29, 0.717) is 0 Å². The van der Waals surface area contributed by atoms with E-state index in [2.05, 4.69) is 5.32 Å². The lowest BCUT2D eigenvalue weighted by Gasteiger charge is -2.19. The zero-order chi connectivity index (χ0) is 17.3. The Morgan fingerprint density at radius 1 is 1.26 bits per heavy atom. The summed E-state index contributed by atoms with van der Waals surface area (Å²) in [5.41, 5.74) is -0.736. The predicted octanol–water partition coefficient (Wildman–Crippen LogP) is 1.35. The molecule has 1 heterocycles. The number of hydrogen-bond donors (Lipinski definition) is 1. The molecule has 122 valence electrons. The summed E-state index contributed by atoms with van der Waals surface area (Å²) in [6.07, 6.45) is 0. The number of fused-ring (bicyclic) bond motifs is 1. The molecule has 0 aliphatic carbocycles. The van der Waals surface area contributed by atoms with E-state index in [1.807, 2.05) is 20.8 Å². The molecule has 0 bridgehead atoms. The van der Waals surface area contributed by atoms with Gasteiger partial charge in [0.05, 0.1) is 10.5 Å². The van der Waals surface area contributed by atoms with Crippen molar-refractivity contribution in [1.29, 1.82) is 0 Å². The Balaban J connectivity index is 2.23. The van der Waals surface area contributed by atoms with Crippen LogP contribution in [0.5, 0.6) is 0 Å². The van der Waals surface area contributed by atoms with E-state index in [-0.39, 0.29) is 23.1 Å². The number of amides is 3. The van der Waals surface area contributed by atoms with Gasteiger partial charge in [-0.1, -0.05) is 19.9 Å². The van der Waals surface area contributed by atoms with Gasteiger partial charge in [0.15, 0.2) is 0 Å². The Morgan fingerprint density at radius 2 is 1.91 bits per heavy atom. The summed E-state index contributed by atoms with van der Waals surface area (Å²) >= 11 is 0. The first-order valence-corrected chi connectivity index (χ1v) is 7.17. The van der Waals surface area contributed by atoms with E-state index >= 15 is 0 Å². The van der Waals surface area contributed by atoms with Crippen molar-refractivity contribution >= 4 is 23.4 Å². The normalized spacial score (nSPS) is 14.9. The minimum atomic E-state index is -0.815. The van der Waals surface area contributed by atoms with Crippen molar-refractivity contribution in [3.8, 4) is 0 Å². The average Bonchev–Trinajstić information content (AvgIpc) is 2.72. The predicted molar refractivity (Wildman–Crippen MR) is 80.9 cm³/mol. The lowest BCUT2D eigenvalue weighted by molar-refractivity contribution is -0.385. The maximum Gasteiger partial charge on any atom is 0.282 e. The molecular weight excluding hydrogens is 302 g/mol. The number of carbonyl (C=O) groups excluding carboxylic acids is 3. The summed E-state index contributed by atoms with van der Waals surface area (Å²) in [6, 6.07) is 3.73. The second-order valence-electron chi connectivity index (χ2n) is 5.75. The van der Waals surface area contributed by atoms with E-state index in [0.717, 1.165) is 11.0 Å². The first kappa shape index (κ1) is 16.6. The Morgan fingerprint density at radius 3 is 2.48 bits per heavy atom. The van der Waals surface area contributed by atoms with Gasteiger partial charge >= 0.3 is 0 Å². The van der Waals surface area contributed by atoms with Gasteiger partial charge < -0.3 is 5.32 Å². The van der Waals surface area contributed by atoms with Gasteiger partial charge in [0.1, 0.15) is 12.1 Å². The third-order valence-electron chi connectivity index (χ3n) is 3.86. The van der Waals surface area contributed by atoms with Crippen LogP contribution in [0.1, 0.15) is 41.5 Å². The molecule has 1 aromatic carbocycles. The number of nitro groups is 1. The van der Waals surface area contributed by atoms with Crippen LogP contribution >= 0.6 is 0 Å². The molecule has 0 aromatic heterocycles. The topological polar surface area (TPSA) is 110 Å². The fourth-order valence-corrected chi connectivity index (χ4v) is 2.22. The van der Waals surface area contributed by atoms with E-state index in [9.17, 15) is 24.5 Å². The number of hydrogen-bond acceptors (Lipinski definition) is 5. The first-order valence-electron chi connectivity index (χ1n) is 7.17. The van der Waals surface area contributed by atoms with E-state index in [1.54, 1.807) is 0 Å². The molecule has 1 N–H and O–H groups in total. The average molecular weight is 319 g/mol. The smallest absolute Gasteiger partial charge is 0.282 e. The number of rotatable bonds is 5. The highest BCUT2D eigenvalue weighted by Crippen LogP contribution is 2.30. The van der Waals surface area contributed by atoms with Crippen molar-refractivity contribution in [1.82, 2.24) is 10.2 Å². The third kappa shape index (κ3) is 3.05. The van der Waals surface area contributed by atoms with Gasteiger partial charge in [0.25, 0.3) is 17.5 Å². The second-order valence-corrected chi connectivity index (χ2v) is 5.75. The molecule has 23 heavy (non-hydrogen) atoms. The number of carbonyl (C=O) groups is 3. The molecule has 0 radical (unpaired) electrons. The summed E-state index contributed by atoms with van der Waals surface area (Å²) in [5, 5.41) is 13.7. The minimum Gasteiger partial charge on any atom is -0.352 e. The molecule has 8 nitrogen and oxygen atoms in total. The Labute approximate surface area is 132 Å². The van der Waals surface area contributed by atoms with Crippen molar-refractivity contribution < 1.29 is 19.3 Å². The number of nitrogens with one attached hydrogen (secondary N) is 1. The molecule has 1 atom stereocenters. The highest BCUT2D eigenvalue weighted by Gasteiger charge is 2.41. The fourth-order valence-electron chi connectivity index (χ4n) is 2.22. The van der Waals surface area contributed by atoms with Crippen molar-refractivity contribution in [3.63, 3.8) is 0 Å². The van der Waals surface area contributed by atoms with Crippen molar-refractivity contribution in [2.45, 2.75) is 26.8 Å². The lowest BCUT2D eigenvalue weighted by Crippen LogP contribution is -2.44. The summed E-state index contributed by atoms with van der Waals surface area (Å²) in [5.74, 6) is -1.80. The summed E-state index contributed by atoms with van der Waals surface area (Å²) < 4.78 is 0. The van der Waals surface area contributed by atoms with Crippen molar-refractivity contribution in [2.75, 3.05) is 6.54 Å². The number of nitrogens with zero attached hydrogens (tertiary/aromatic N) is 2. The minimum absolute atomic E-state index is 0.0473. The quantitative estimate of drug-likeness (QED) is 0.500. The lowest BCUT2D eigenvalue weighted by atomic mass is 10.1. The molecule has 0 saturated heterocycles. The molecule has 8 heteroatoms. The van der Waals surface area contributed by atoms with Gasteiger partial charge in [-0.25, -0.2) is 0 Å². The zero-order valence-electron chi connectivity index (χ0n) is 13.0. The third-order valence-corrected chi connectivity index (χ3v) is 3.86. The monoisotopic (exact) mass is 319 g/mol. The molecule has 0 unspecified atom stereocenters. The fraction of sp³-hybridized carbons (Fsp3) is 0.400. The zero-order valence-corrected chi connectivity index (χ0v) is 13.0. The molecule has 3 amide bonds. The highest BCUT2D eigenvalue weighted by atomic mass is 16.6. The number of benzene rings is 1. The Bertz CT molecular complexity index is 698. The molecule has 1 aliphatic heterocycles. The van der Waals surface area contributed by atoms with Gasteiger partial charge in [-0.2, -0.15) is 0 Å². The second kappa shape index (κ2) is 6.15. The van der Waals surface area contributed by atoms with Gasteiger partial charge in [-0.15, -0.1) is 0 Å². The van der Waals surface area contributed by atoms with Gasteiger partial charge in [0.2, 0.25) is 5.91 Å². The number of imide groups is 1. The van der Waals surface area contributed by atoms with Crippen LogP contribution < -0.4 is 5.32 Å². The largest absolute Gasteiger partial charge is 0.352 e. The maximum atomic E-state index is 12.3. The number of nitro benzene ring substituents is 1. The van der Waals surface area contributed by atoms with Crippen LogP contribution in [0.2, 0.25) is 0 Å². The van der Waals surface area contributed by atoms with Crippen LogP contribution in [0, 0.1) is 16.0 Å². The molecule has 0 saturated carbocycles. The Hall–Kier alpha value is -2.77.